The van der Waals surface area contributed by atoms with Crippen molar-refractivity contribution in [1.29, 1.82) is 0 Å². The molecule has 0 heterocycles. The highest BCUT2D eigenvalue weighted by Crippen LogP contribution is 2.21. The van der Waals surface area contributed by atoms with Crippen LogP contribution in [0.3, 0.4) is 0 Å². The van der Waals surface area contributed by atoms with E-state index in [1.807, 2.05) is 0 Å². The molecule has 0 radical (unpaired) electrons. The summed E-state index contributed by atoms with van der Waals surface area (Å²) in [6.45, 7) is 16.5. The Balaban J connectivity index is -0.000000284. The fraction of sp³-hybridized carbons (Fsp3) is 0.938. The summed E-state index contributed by atoms with van der Waals surface area (Å²) in [4.78, 5) is 0. The highest BCUT2D eigenvalue weighted by Gasteiger charge is 2.26. The number of unbranched alkanes of at least 4 members (excludes halogenated alkanes) is 28. The minimum atomic E-state index is -1.11. The Hall–Kier alpha value is -0.600. The van der Waals surface area contributed by atoms with Gasteiger partial charge in [-0.1, -0.05) is 287 Å². The van der Waals surface area contributed by atoms with Gasteiger partial charge in [0, 0.05) is 25.7 Å². The lowest BCUT2D eigenvalue weighted by atomic mass is 9.93. The Morgan fingerprint density at radius 2 is 0.403 bits per heavy atom. The average molecular weight is 1170 g/mol. The number of rotatable bonds is 52. The molecule has 0 aromatic carbocycles. The molecule has 0 aliphatic carbocycles. The van der Waals surface area contributed by atoms with E-state index in [0.29, 0.717) is 49.4 Å². The van der Waals surface area contributed by atoms with E-state index in [9.17, 15) is 0 Å². The summed E-state index contributed by atoms with van der Waals surface area (Å²) >= 11 is 18.7. The molecule has 4 atom stereocenters. The quantitative estimate of drug-likeness (QED) is 0.0215. The Labute approximate surface area is 500 Å². The molecule has 4 unspecified atom stereocenters. The Morgan fingerprint density at radius 1 is 0.260 bits per heavy atom. The van der Waals surface area contributed by atoms with Crippen LogP contribution in [0.5, 0.6) is 0 Å². The topological polar surface area (TPSA) is 162 Å². The fourth-order valence-electron chi connectivity index (χ4n) is 8.86. The highest BCUT2D eigenvalue weighted by molar-refractivity contribution is 7.80. The van der Waals surface area contributed by atoms with Crippen molar-refractivity contribution in [2.24, 2.45) is 29.1 Å². The van der Waals surface area contributed by atoms with Crippen LogP contribution in [0.2, 0.25) is 0 Å². The zero-order chi connectivity index (χ0) is 59.1. The van der Waals surface area contributed by atoms with Crippen LogP contribution in [0.1, 0.15) is 338 Å². The predicted molar refractivity (Wildman–Crippen MR) is 354 cm³/mol. The van der Waals surface area contributed by atoms with E-state index >= 15 is 0 Å². The van der Waals surface area contributed by atoms with Gasteiger partial charge in [0.2, 0.25) is 0 Å². The Bertz CT molecular complexity index is 1030. The maximum atomic E-state index is 8.95. The van der Waals surface area contributed by atoms with Gasteiger partial charge in [-0.05, 0) is 98.2 Å². The van der Waals surface area contributed by atoms with E-state index in [-0.39, 0.29) is 20.2 Å². The van der Waals surface area contributed by atoms with Gasteiger partial charge in [0.25, 0.3) is 0 Å². The van der Waals surface area contributed by atoms with Gasteiger partial charge in [-0.3, -0.25) is 0 Å². The summed E-state index contributed by atoms with van der Waals surface area (Å²) in [6, 6.07) is 0. The van der Waals surface area contributed by atoms with Crippen LogP contribution in [0, 0.1) is 29.1 Å². The van der Waals surface area contributed by atoms with E-state index in [1.54, 1.807) is 0 Å². The van der Waals surface area contributed by atoms with Crippen molar-refractivity contribution in [3.05, 3.63) is 0 Å². The van der Waals surface area contributed by atoms with Gasteiger partial charge in [-0.2, -0.15) is 0 Å². The molecular formula is C65H132O8S4. The second kappa shape index (κ2) is 69.7. The number of hydrogen-bond donors (Lipinski definition) is 8. The lowest BCUT2D eigenvalue weighted by Crippen LogP contribution is -2.37. The first-order valence-corrected chi connectivity index (χ1v) is 33.8. The maximum absolute atomic E-state index is 8.95. The third kappa shape index (κ3) is 79.7. The smallest absolute Gasteiger partial charge is 0.156 e. The van der Waals surface area contributed by atoms with Crippen molar-refractivity contribution in [3.63, 3.8) is 0 Å². The van der Waals surface area contributed by atoms with E-state index in [2.05, 4.69) is 104 Å². The summed E-state index contributed by atoms with van der Waals surface area (Å²) in [7, 11) is 0. The van der Waals surface area contributed by atoms with Crippen LogP contribution in [0.4, 0.5) is 0 Å². The summed E-state index contributed by atoms with van der Waals surface area (Å²) < 4.78 is 0. The van der Waals surface area contributed by atoms with Gasteiger partial charge in [0.05, 0.1) is 31.8 Å². The normalized spacial score (nSPS) is 12.5. The molecule has 0 spiro atoms. The predicted octanol–water partition coefficient (Wildman–Crippen LogP) is 21.2. The Kier molecular flexibility index (Phi) is 77.1. The fourth-order valence-corrected chi connectivity index (χ4v) is 9.33. The molecule has 0 aliphatic heterocycles. The number of hydrogen-bond acceptors (Lipinski definition) is 8. The maximum Gasteiger partial charge on any atom is 0.156 e. The molecule has 0 bridgehead atoms. The van der Waals surface area contributed by atoms with Crippen LogP contribution >= 0.6 is 48.9 Å². The monoisotopic (exact) mass is 1170 g/mol. The SMILES string of the molecule is CCCCCCCCCCC(C)CCC(O)=S.CCCCCCCCCCC(C)CCC(O)=S.CCCCCCCCCCC(C)CCC(O)=S.CCCCCCCCCCC(C)CCC(O)=S.OCC(CO)(CO)CO. The van der Waals surface area contributed by atoms with Gasteiger partial charge >= 0.3 is 0 Å². The molecule has 8 nitrogen and oxygen atoms in total. The van der Waals surface area contributed by atoms with Gasteiger partial charge in [0.1, 0.15) is 0 Å². The van der Waals surface area contributed by atoms with Gasteiger partial charge < -0.3 is 40.9 Å². The van der Waals surface area contributed by atoms with E-state index in [0.717, 1.165) is 25.7 Å². The van der Waals surface area contributed by atoms with Crippen molar-refractivity contribution >= 4 is 69.1 Å². The molecule has 12 heteroatoms. The summed E-state index contributed by atoms with van der Waals surface area (Å²) in [5, 5.41) is 70.5. The third-order valence-corrected chi connectivity index (χ3v) is 15.8. The first kappa shape index (κ1) is 85.2. The van der Waals surface area contributed by atoms with Crippen LogP contribution in [0.25, 0.3) is 0 Å². The minimum absolute atomic E-state index is 0.174. The molecule has 464 valence electrons. The van der Waals surface area contributed by atoms with Crippen LogP contribution in [0.15, 0.2) is 0 Å². The van der Waals surface area contributed by atoms with Crippen LogP contribution < -0.4 is 0 Å². The lowest BCUT2D eigenvalue weighted by molar-refractivity contribution is -0.0328. The summed E-state index contributed by atoms with van der Waals surface area (Å²) in [5.41, 5.74) is -1.11. The molecule has 0 saturated heterocycles. The number of aliphatic hydroxyl groups excluding tert-OH is 8. The highest BCUT2D eigenvalue weighted by atomic mass is 32.1. The van der Waals surface area contributed by atoms with Crippen molar-refractivity contribution in [1.82, 2.24) is 0 Å². The van der Waals surface area contributed by atoms with Crippen molar-refractivity contribution in [2.75, 3.05) is 26.4 Å². The van der Waals surface area contributed by atoms with Crippen LogP contribution in [-0.2, 0) is 0 Å². The van der Waals surface area contributed by atoms with Crippen molar-refractivity contribution < 1.29 is 40.9 Å². The molecular weight excluding hydrogens is 1040 g/mol. The van der Waals surface area contributed by atoms with Crippen LogP contribution in [-0.4, -0.2) is 87.5 Å². The average Bonchev–Trinajstić information content (AvgIpc) is 3.40. The molecule has 0 aromatic heterocycles. The standard InChI is InChI=1S/4C15H30OS.C5H12O4/c4*1-3-4-5-6-7-8-9-10-11-14(2)12-13-15(16)17;6-1-5(2-7,3-8)4-9/h4*14H,3-13H2,1-2H3,(H,16,17);6-9H,1-4H2. The number of aliphatic hydroxyl groups is 8. The molecule has 0 amide bonds. The second-order valence-electron chi connectivity index (χ2n) is 23.3. The van der Waals surface area contributed by atoms with E-state index in [4.69, 9.17) is 40.9 Å². The first-order chi connectivity index (χ1) is 36.9. The number of thiocarbonyl (C=S) groups is 4. The van der Waals surface area contributed by atoms with Crippen molar-refractivity contribution in [2.45, 2.75) is 338 Å². The molecule has 0 saturated carbocycles. The Morgan fingerprint density at radius 3 is 0.519 bits per heavy atom. The molecule has 0 fully saturated rings. The zero-order valence-corrected chi connectivity index (χ0v) is 55.2. The molecule has 0 aromatic rings. The van der Waals surface area contributed by atoms with Gasteiger partial charge in [-0.25, -0.2) is 0 Å². The van der Waals surface area contributed by atoms with E-state index in [1.165, 1.54) is 231 Å². The molecule has 8 N–H and O–H groups in total. The second-order valence-corrected chi connectivity index (χ2v) is 25.2. The summed E-state index contributed by atoms with van der Waals surface area (Å²) in [5.74, 6) is 2.83. The summed E-state index contributed by atoms with van der Waals surface area (Å²) in [6.07, 6.45) is 56.6. The largest absolute Gasteiger partial charge is 0.502 e. The molecule has 0 aliphatic rings. The first-order valence-electron chi connectivity index (χ1n) is 32.2. The molecule has 0 rings (SSSR count). The van der Waals surface area contributed by atoms with Gasteiger partial charge in [-0.15, -0.1) is 0 Å². The van der Waals surface area contributed by atoms with Crippen molar-refractivity contribution in [3.8, 4) is 0 Å². The van der Waals surface area contributed by atoms with E-state index < -0.39 is 31.8 Å². The minimum Gasteiger partial charge on any atom is -0.502 e. The lowest BCUT2D eigenvalue weighted by Gasteiger charge is -2.23. The molecule has 77 heavy (non-hydrogen) atoms. The van der Waals surface area contributed by atoms with Gasteiger partial charge in [0.15, 0.2) is 20.2 Å². The third-order valence-electron chi connectivity index (χ3n) is 14.9. The zero-order valence-electron chi connectivity index (χ0n) is 52.0.